The highest BCUT2D eigenvalue weighted by Crippen LogP contribution is 2.17. The highest BCUT2D eigenvalue weighted by Gasteiger charge is 2.31. The van der Waals surface area contributed by atoms with Crippen molar-refractivity contribution in [2.75, 3.05) is 59.9 Å². The van der Waals surface area contributed by atoms with Gasteiger partial charge in [-0.25, -0.2) is 0 Å². The average molecular weight is 340 g/mol. The van der Waals surface area contributed by atoms with Gasteiger partial charge in [0.15, 0.2) is 0 Å². The van der Waals surface area contributed by atoms with Gasteiger partial charge in [-0.15, -0.1) is 0 Å². The Morgan fingerprint density at radius 1 is 1.00 bits per heavy atom. The van der Waals surface area contributed by atoms with Crippen LogP contribution in [0.25, 0.3) is 0 Å². The maximum Gasteiger partial charge on any atom is 0.320 e. The lowest BCUT2D eigenvalue weighted by Gasteiger charge is -2.37. The third-order valence-electron chi connectivity index (χ3n) is 4.82. The van der Waals surface area contributed by atoms with E-state index in [1.807, 2.05) is 4.90 Å². The molecule has 2 aliphatic rings. The van der Waals surface area contributed by atoms with Gasteiger partial charge in [0.25, 0.3) is 0 Å². The second-order valence-electron chi connectivity index (χ2n) is 6.77. The molecule has 0 aromatic rings. The quantitative estimate of drug-likeness (QED) is 0.702. The summed E-state index contributed by atoms with van der Waals surface area (Å²) >= 11 is 0. The van der Waals surface area contributed by atoms with Crippen molar-refractivity contribution in [1.82, 2.24) is 19.6 Å². The normalized spacial score (nSPS) is 23.1. The van der Waals surface area contributed by atoms with Crippen molar-refractivity contribution >= 4 is 17.8 Å². The van der Waals surface area contributed by atoms with Crippen molar-refractivity contribution in [2.24, 2.45) is 0 Å². The van der Waals surface area contributed by atoms with Gasteiger partial charge in [-0.1, -0.05) is 6.42 Å². The second-order valence-corrected chi connectivity index (χ2v) is 6.77. The molecule has 0 aromatic carbocycles. The van der Waals surface area contributed by atoms with E-state index in [2.05, 4.69) is 0 Å². The number of likely N-dealkylation sites (tertiary alicyclic amines) is 1. The molecular weight excluding hydrogens is 312 g/mol. The fourth-order valence-electron chi connectivity index (χ4n) is 3.22. The minimum atomic E-state index is -0.838. The van der Waals surface area contributed by atoms with Crippen molar-refractivity contribution in [2.45, 2.75) is 25.3 Å². The van der Waals surface area contributed by atoms with Crippen LogP contribution < -0.4 is 0 Å². The number of piperidine rings is 1. The molecule has 2 heterocycles. The van der Waals surface area contributed by atoms with Crippen LogP contribution >= 0.6 is 0 Å². The first kappa shape index (κ1) is 18.7. The Hall–Kier alpha value is -1.67. The van der Waals surface area contributed by atoms with Gasteiger partial charge in [0, 0.05) is 40.3 Å². The molecule has 0 saturated carbocycles. The lowest BCUT2D eigenvalue weighted by molar-refractivity contribution is -0.146. The number of nitrogens with zero attached hydrogens (tertiary/aromatic N) is 4. The lowest BCUT2D eigenvalue weighted by Crippen LogP contribution is -2.54. The van der Waals surface area contributed by atoms with Crippen LogP contribution in [0, 0.1) is 0 Å². The van der Waals surface area contributed by atoms with Gasteiger partial charge < -0.3 is 14.9 Å². The predicted octanol–water partition coefficient (Wildman–Crippen LogP) is -0.842. The molecule has 8 heteroatoms. The van der Waals surface area contributed by atoms with Crippen LogP contribution in [0.1, 0.15) is 19.3 Å². The van der Waals surface area contributed by atoms with E-state index in [1.165, 1.54) is 0 Å². The van der Waals surface area contributed by atoms with Crippen LogP contribution in [-0.4, -0.2) is 108 Å². The minimum Gasteiger partial charge on any atom is -0.480 e. The Balaban J connectivity index is 1.80. The van der Waals surface area contributed by atoms with Gasteiger partial charge in [-0.05, 0) is 19.4 Å². The summed E-state index contributed by atoms with van der Waals surface area (Å²) in [6.45, 7) is 3.74. The number of carboxylic acid groups (broad SMARTS) is 1. The largest absolute Gasteiger partial charge is 0.480 e. The number of carboxylic acids is 1. The number of likely N-dealkylation sites (N-methyl/N-ethyl adjacent to an activating group) is 1. The smallest absolute Gasteiger partial charge is 0.320 e. The number of hydrogen-bond donors (Lipinski definition) is 1. The third kappa shape index (κ3) is 4.91. The van der Waals surface area contributed by atoms with E-state index in [9.17, 15) is 19.5 Å². The fourth-order valence-corrected chi connectivity index (χ4v) is 3.22. The zero-order chi connectivity index (χ0) is 17.7. The molecule has 136 valence electrons. The van der Waals surface area contributed by atoms with Gasteiger partial charge >= 0.3 is 5.97 Å². The molecule has 2 saturated heterocycles. The fraction of sp³-hybridized carbons (Fsp3) is 0.812. The van der Waals surface area contributed by atoms with Crippen molar-refractivity contribution < 1.29 is 19.5 Å². The molecule has 0 aromatic heterocycles. The van der Waals surface area contributed by atoms with E-state index < -0.39 is 12.0 Å². The third-order valence-corrected chi connectivity index (χ3v) is 4.82. The maximum absolute atomic E-state index is 12.5. The van der Waals surface area contributed by atoms with Crippen molar-refractivity contribution in [3.8, 4) is 0 Å². The molecule has 1 unspecified atom stereocenters. The van der Waals surface area contributed by atoms with Crippen LogP contribution in [0.15, 0.2) is 0 Å². The SMILES string of the molecule is CN(C)C(=O)CN1CCN(C(=O)CN2CCCCC2C(=O)O)CC1. The van der Waals surface area contributed by atoms with Crippen molar-refractivity contribution in [3.05, 3.63) is 0 Å². The van der Waals surface area contributed by atoms with E-state index in [4.69, 9.17) is 0 Å². The van der Waals surface area contributed by atoms with E-state index in [1.54, 1.807) is 28.8 Å². The Labute approximate surface area is 143 Å². The number of rotatable bonds is 5. The first-order valence-corrected chi connectivity index (χ1v) is 8.55. The summed E-state index contributed by atoms with van der Waals surface area (Å²) in [5.74, 6) is -0.788. The molecule has 8 nitrogen and oxygen atoms in total. The average Bonchev–Trinajstić information content (AvgIpc) is 2.55. The maximum atomic E-state index is 12.5. The van der Waals surface area contributed by atoms with Crippen LogP contribution in [0.3, 0.4) is 0 Å². The van der Waals surface area contributed by atoms with Gasteiger partial charge in [-0.2, -0.15) is 0 Å². The van der Waals surface area contributed by atoms with Gasteiger partial charge in [0.05, 0.1) is 13.1 Å². The van der Waals surface area contributed by atoms with E-state index in [0.717, 1.165) is 12.8 Å². The summed E-state index contributed by atoms with van der Waals surface area (Å²) < 4.78 is 0. The van der Waals surface area contributed by atoms with Crippen molar-refractivity contribution in [1.29, 1.82) is 0 Å². The summed E-state index contributed by atoms with van der Waals surface area (Å²) in [7, 11) is 3.47. The molecule has 0 aliphatic carbocycles. The topological polar surface area (TPSA) is 84.4 Å². The molecule has 2 rings (SSSR count). The van der Waals surface area contributed by atoms with Gasteiger partial charge in [0.2, 0.25) is 11.8 Å². The molecule has 0 radical (unpaired) electrons. The van der Waals surface area contributed by atoms with Gasteiger partial charge in [0.1, 0.15) is 6.04 Å². The molecule has 2 aliphatic heterocycles. The Bertz CT molecular complexity index is 475. The molecule has 1 atom stereocenters. The summed E-state index contributed by atoms with van der Waals surface area (Å²) in [6, 6.07) is -0.540. The molecule has 24 heavy (non-hydrogen) atoms. The number of piperazine rings is 1. The highest BCUT2D eigenvalue weighted by atomic mass is 16.4. The zero-order valence-corrected chi connectivity index (χ0v) is 14.6. The van der Waals surface area contributed by atoms with Crippen LogP contribution in [-0.2, 0) is 14.4 Å². The second kappa shape index (κ2) is 8.43. The van der Waals surface area contributed by atoms with Crippen LogP contribution in [0.4, 0.5) is 0 Å². The number of carbonyl (C=O) groups is 3. The molecule has 1 N–H and O–H groups in total. The van der Waals surface area contributed by atoms with Crippen molar-refractivity contribution in [3.63, 3.8) is 0 Å². The summed E-state index contributed by atoms with van der Waals surface area (Å²) in [4.78, 5) is 42.7. The first-order valence-electron chi connectivity index (χ1n) is 8.55. The first-order chi connectivity index (χ1) is 11.4. The zero-order valence-electron chi connectivity index (χ0n) is 14.6. The number of hydrogen-bond acceptors (Lipinski definition) is 5. The minimum absolute atomic E-state index is 0.0123. The van der Waals surface area contributed by atoms with E-state index in [-0.39, 0.29) is 18.4 Å². The molecule has 2 fully saturated rings. The van der Waals surface area contributed by atoms with Crippen LogP contribution in [0.2, 0.25) is 0 Å². The molecular formula is C16H28N4O4. The monoisotopic (exact) mass is 340 g/mol. The number of aliphatic carboxylic acids is 1. The Morgan fingerprint density at radius 2 is 1.67 bits per heavy atom. The summed E-state index contributed by atoms with van der Waals surface area (Å²) in [5.41, 5.74) is 0. The number of carbonyl (C=O) groups excluding carboxylic acids is 2. The Morgan fingerprint density at radius 3 is 2.25 bits per heavy atom. The lowest BCUT2D eigenvalue weighted by atomic mass is 10.0. The molecule has 0 spiro atoms. The standard InChI is InChI=1S/C16H28N4O4/c1-17(2)14(21)11-18-7-9-19(10-8-18)15(22)12-20-6-4-3-5-13(20)16(23)24/h13H,3-12H2,1-2H3,(H,23,24). The van der Waals surface area contributed by atoms with E-state index in [0.29, 0.717) is 45.7 Å². The highest BCUT2D eigenvalue weighted by molar-refractivity contribution is 5.80. The molecule has 2 amide bonds. The Kier molecular flexibility index (Phi) is 6.56. The van der Waals surface area contributed by atoms with Crippen LogP contribution in [0.5, 0.6) is 0 Å². The molecule has 0 bridgehead atoms. The predicted molar refractivity (Wildman–Crippen MR) is 88.6 cm³/mol. The number of amides is 2. The summed E-state index contributed by atoms with van der Waals surface area (Å²) in [6.07, 6.45) is 2.46. The van der Waals surface area contributed by atoms with Gasteiger partial charge in [-0.3, -0.25) is 24.2 Å². The van der Waals surface area contributed by atoms with E-state index >= 15 is 0 Å². The summed E-state index contributed by atoms with van der Waals surface area (Å²) in [5, 5.41) is 9.29.